The second-order valence-electron chi connectivity index (χ2n) is 9.09. The molecular formula is C27H31N5O5S. The summed E-state index contributed by atoms with van der Waals surface area (Å²) < 4.78 is 14.5. The number of hydrogen-bond acceptors (Lipinski definition) is 8. The lowest BCUT2D eigenvalue weighted by Crippen LogP contribution is -2.45. The first kappa shape index (κ1) is 26.9. The van der Waals surface area contributed by atoms with E-state index in [-0.39, 0.29) is 34.8 Å². The minimum Gasteiger partial charge on any atom is -0.497 e. The molecule has 1 aliphatic carbocycles. The van der Waals surface area contributed by atoms with Crippen molar-refractivity contribution in [1.29, 1.82) is 0 Å². The van der Waals surface area contributed by atoms with Crippen molar-refractivity contribution in [3.05, 3.63) is 70.2 Å². The van der Waals surface area contributed by atoms with Crippen molar-refractivity contribution in [3.63, 3.8) is 0 Å². The highest BCUT2D eigenvalue weighted by molar-refractivity contribution is 7.09. The van der Waals surface area contributed by atoms with Gasteiger partial charge in [0.1, 0.15) is 22.4 Å². The summed E-state index contributed by atoms with van der Waals surface area (Å²) in [4.78, 5) is 41.1. The lowest BCUT2D eigenvalue weighted by Gasteiger charge is -2.32. The SMILES string of the molecule is COc1ccc(CN(C(=O)c2snc(C(N)=O)c2N)[C@H](C(=O)NC2CCCC2)c2ccc(OC)cc2)cc1. The maximum absolute atomic E-state index is 14.0. The molecule has 200 valence electrons. The van der Waals surface area contributed by atoms with Crippen LogP contribution in [0.1, 0.15) is 63.0 Å². The molecule has 1 fully saturated rings. The van der Waals surface area contributed by atoms with Gasteiger partial charge in [0.2, 0.25) is 5.91 Å². The molecule has 10 nitrogen and oxygen atoms in total. The van der Waals surface area contributed by atoms with Crippen LogP contribution < -0.4 is 26.3 Å². The molecule has 0 radical (unpaired) electrons. The number of primary amides is 1. The maximum atomic E-state index is 14.0. The van der Waals surface area contributed by atoms with Gasteiger partial charge in [0, 0.05) is 12.6 Å². The number of aromatic nitrogens is 1. The predicted molar refractivity (Wildman–Crippen MR) is 144 cm³/mol. The van der Waals surface area contributed by atoms with Crippen LogP contribution in [0.2, 0.25) is 0 Å². The molecule has 2 aromatic carbocycles. The smallest absolute Gasteiger partial charge is 0.270 e. The Morgan fingerprint density at radius 1 is 1.03 bits per heavy atom. The first-order chi connectivity index (χ1) is 18.3. The number of benzene rings is 2. The normalized spacial score (nSPS) is 14.1. The number of anilines is 1. The molecule has 0 unspecified atom stereocenters. The Bertz CT molecular complexity index is 1290. The average molecular weight is 538 g/mol. The minimum absolute atomic E-state index is 0.0381. The molecule has 1 heterocycles. The van der Waals surface area contributed by atoms with Crippen molar-refractivity contribution >= 4 is 34.9 Å². The van der Waals surface area contributed by atoms with Gasteiger partial charge in [0.15, 0.2) is 5.69 Å². The number of ether oxygens (including phenoxy) is 2. The molecule has 1 saturated carbocycles. The number of carbonyl (C=O) groups is 3. The zero-order valence-corrected chi connectivity index (χ0v) is 22.1. The molecule has 0 spiro atoms. The molecule has 1 aromatic heterocycles. The lowest BCUT2D eigenvalue weighted by molar-refractivity contribution is -0.126. The Balaban J connectivity index is 1.79. The van der Waals surface area contributed by atoms with E-state index in [1.165, 1.54) is 4.90 Å². The van der Waals surface area contributed by atoms with E-state index in [9.17, 15) is 14.4 Å². The van der Waals surface area contributed by atoms with E-state index < -0.39 is 17.9 Å². The number of amides is 3. The molecule has 0 bridgehead atoms. The Morgan fingerprint density at radius 3 is 2.13 bits per heavy atom. The third kappa shape index (κ3) is 5.88. The second-order valence-corrected chi connectivity index (χ2v) is 9.86. The van der Waals surface area contributed by atoms with Gasteiger partial charge in [-0.1, -0.05) is 37.1 Å². The Hall–Kier alpha value is -4.12. The summed E-state index contributed by atoms with van der Waals surface area (Å²) in [5.74, 6) is -0.386. The summed E-state index contributed by atoms with van der Waals surface area (Å²) in [5, 5.41) is 3.13. The summed E-state index contributed by atoms with van der Waals surface area (Å²) in [6.07, 6.45) is 3.86. The van der Waals surface area contributed by atoms with E-state index >= 15 is 0 Å². The van der Waals surface area contributed by atoms with Crippen LogP contribution >= 0.6 is 11.5 Å². The number of nitrogen functional groups attached to an aromatic ring is 1. The predicted octanol–water partition coefficient (Wildman–Crippen LogP) is 3.28. The number of hydrogen-bond donors (Lipinski definition) is 3. The van der Waals surface area contributed by atoms with Gasteiger partial charge in [-0.25, -0.2) is 0 Å². The summed E-state index contributed by atoms with van der Waals surface area (Å²) in [7, 11) is 3.13. The first-order valence-corrected chi connectivity index (χ1v) is 13.0. The molecule has 5 N–H and O–H groups in total. The number of rotatable bonds is 10. The average Bonchev–Trinajstić information content (AvgIpc) is 3.58. The number of methoxy groups -OCH3 is 2. The molecular weight excluding hydrogens is 506 g/mol. The van der Waals surface area contributed by atoms with Crippen LogP contribution in [0, 0.1) is 0 Å². The Kier molecular flexibility index (Phi) is 8.47. The Labute approximate surface area is 225 Å². The molecule has 0 aliphatic heterocycles. The summed E-state index contributed by atoms with van der Waals surface area (Å²) in [5.41, 5.74) is 12.6. The monoisotopic (exact) mass is 537 g/mol. The van der Waals surface area contributed by atoms with E-state index in [2.05, 4.69) is 9.69 Å². The van der Waals surface area contributed by atoms with Crippen molar-refractivity contribution < 1.29 is 23.9 Å². The van der Waals surface area contributed by atoms with Crippen LogP contribution in [0.5, 0.6) is 11.5 Å². The molecule has 1 atom stereocenters. The zero-order valence-electron chi connectivity index (χ0n) is 21.3. The number of carbonyl (C=O) groups excluding carboxylic acids is 3. The van der Waals surface area contributed by atoms with E-state index in [0.29, 0.717) is 17.1 Å². The van der Waals surface area contributed by atoms with E-state index in [0.717, 1.165) is 42.8 Å². The van der Waals surface area contributed by atoms with Crippen LogP contribution in [0.4, 0.5) is 5.69 Å². The molecule has 3 amide bonds. The van der Waals surface area contributed by atoms with Crippen molar-refractivity contribution in [2.24, 2.45) is 5.73 Å². The fraction of sp³-hybridized carbons (Fsp3) is 0.333. The maximum Gasteiger partial charge on any atom is 0.270 e. The van der Waals surface area contributed by atoms with Gasteiger partial charge in [-0.2, -0.15) is 4.37 Å². The fourth-order valence-corrected chi connectivity index (χ4v) is 5.34. The standard InChI is InChI=1S/C27H31N5O5S/c1-36-19-11-7-16(8-12-19)15-32(27(35)24-21(28)22(25(29)33)31-38-24)23(17-9-13-20(37-2)14-10-17)26(34)30-18-5-3-4-6-18/h7-14,18,23H,3-6,15,28H2,1-2H3,(H2,29,33)(H,30,34)/t23-/m0/s1. The first-order valence-electron chi connectivity index (χ1n) is 12.3. The third-order valence-electron chi connectivity index (χ3n) is 6.62. The molecule has 0 saturated heterocycles. The second kappa shape index (κ2) is 12.0. The largest absolute Gasteiger partial charge is 0.497 e. The van der Waals surface area contributed by atoms with Gasteiger partial charge in [-0.3, -0.25) is 14.4 Å². The van der Waals surface area contributed by atoms with Gasteiger partial charge in [0.25, 0.3) is 11.8 Å². The molecule has 4 rings (SSSR count). The lowest BCUT2D eigenvalue weighted by atomic mass is 10.0. The molecule has 3 aromatic rings. The van der Waals surface area contributed by atoms with Gasteiger partial charge in [0.05, 0.1) is 19.9 Å². The fourth-order valence-electron chi connectivity index (χ4n) is 4.58. The van der Waals surface area contributed by atoms with Crippen molar-refractivity contribution in [1.82, 2.24) is 14.6 Å². The summed E-state index contributed by atoms with van der Waals surface area (Å²) >= 11 is 0.782. The number of nitrogens with one attached hydrogen (secondary N) is 1. The zero-order chi connectivity index (χ0) is 27.2. The van der Waals surface area contributed by atoms with Crippen LogP contribution in [-0.2, 0) is 11.3 Å². The van der Waals surface area contributed by atoms with Crippen molar-refractivity contribution in [2.75, 3.05) is 20.0 Å². The summed E-state index contributed by atoms with van der Waals surface area (Å²) in [6, 6.07) is 13.3. The highest BCUT2D eigenvalue weighted by atomic mass is 32.1. The van der Waals surface area contributed by atoms with E-state index in [1.54, 1.807) is 50.6 Å². The van der Waals surface area contributed by atoms with Gasteiger partial charge in [-0.15, -0.1) is 0 Å². The van der Waals surface area contributed by atoms with Crippen molar-refractivity contribution in [3.8, 4) is 11.5 Å². The highest BCUT2D eigenvalue weighted by Gasteiger charge is 2.36. The van der Waals surface area contributed by atoms with Crippen LogP contribution in [0.25, 0.3) is 0 Å². The topological polar surface area (TPSA) is 150 Å². The van der Waals surface area contributed by atoms with E-state index in [1.807, 2.05) is 12.1 Å². The third-order valence-corrected chi connectivity index (χ3v) is 7.47. The Morgan fingerprint density at radius 2 is 1.61 bits per heavy atom. The quantitative estimate of drug-likeness (QED) is 0.359. The number of nitrogens with two attached hydrogens (primary N) is 2. The van der Waals surface area contributed by atoms with Crippen LogP contribution in [-0.4, -0.2) is 47.3 Å². The van der Waals surface area contributed by atoms with Gasteiger partial charge < -0.3 is 31.2 Å². The van der Waals surface area contributed by atoms with Crippen molar-refractivity contribution in [2.45, 2.75) is 44.3 Å². The molecule has 38 heavy (non-hydrogen) atoms. The highest BCUT2D eigenvalue weighted by Crippen LogP contribution is 2.32. The molecule has 1 aliphatic rings. The van der Waals surface area contributed by atoms with Crippen LogP contribution in [0.3, 0.4) is 0 Å². The van der Waals surface area contributed by atoms with Gasteiger partial charge in [-0.05, 0) is 59.8 Å². The minimum atomic E-state index is -0.991. The van der Waals surface area contributed by atoms with Crippen LogP contribution in [0.15, 0.2) is 48.5 Å². The van der Waals surface area contributed by atoms with E-state index in [4.69, 9.17) is 20.9 Å². The molecule has 11 heteroatoms. The van der Waals surface area contributed by atoms with Gasteiger partial charge >= 0.3 is 0 Å². The summed E-state index contributed by atoms with van der Waals surface area (Å²) in [6.45, 7) is 0.0842. The number of nitrogens with zero attached hydrogens (tertiary/aromatic N) is 2.